The van der Waals surface area contributed by atoms with Gasteiger partial charge in [-0.05, 0) is 57.9 Å². The molecule has 1 heterocycles. The van der Waals surface area contributed by atoms with E-state index in [0.29, 0.717) is 31.7 Å². The summed E-state index contributed by atoms with van der Waals surface area (Å²) in [5.74, 6) is -0.720. The van der Waals surface area contributed by atoms with E-state index in [1.807, 2.05) is 63.3 Å². The van der Waals surface area contributed by atoms with Crippen LogP contribution in [0.4, 0.5) is 4.79 Å². The first-order chi connectivity index (χ1) is 15.5. The maximum Gasteiger partial charge on any atom is 0.408 e. The molecule has 0 radical (unpaired) electrons. The van der Waals surface area contributed by atoms with Crippen molar-refractivity contribution in [2.24, 2.45) is 17.6 Å². The number of amides is 3. The molecule has 1 fully saturated rings. The van der Waals surface area contributed by atoms with Crippen LogP contribution in [0.3, 0.4) is 0 Å². The number of ether oxygens (including phenoxy) is 1. The number of nitrogens with one attached hydrogen (secondary N) is 1. The third kappa shape index (κ3) is 8.91. The highest BCUT2D eigenvalue weighted by Crippen LogP contribution is 2.23. The molecule has 1 saturated heterocycles. The largest absolute Gasteiger partial charge is 0.444 e. The number of carbonyl (C=O) groups excluding carboxylic acids is 3. The Hall–Kier alpha value is -2.83. The number of likely N-dealkylation sites (tertiary alicyclic amines) is 1. The van der Waals surface area contributed by atoms with Crippen LogP contribution >= 0.6 is 0 Å². The van der Waals surface area contributed by atoms with Gasteiger partial charge in [0, 0.05) is 6.54 Å². The molecule has 0 bridgehead atoms. The van der Waals surface area contributed by atoms with E-state index in [2.05, 4.69) is 19.2 Å². The number of primary amides is 1. The molecule has 0 aromatic heterocycles. The Balaban J connectivity index is 2.25. The van der Waals surface area contributed by atoms with E-state index in [1.165, 1.54) is 0 Å². The fourth-order valence-corrected chi connectivity index (χ4v) is 4.07. The van der Waals surface area contributed by atoms with Gasteiger partial charge in [-0.3, -0.25) is 9.59 Å². The molecule has 33 heavy (non-hydrogen) atoms. The Labute approximate surface area is 197 Å². The first kappa shape index (κ1) is 26.4. The average molecular weight is 458 g/mol. The predicted molar refractivity (Wildman–Crippen MR) is 129 cm³/mol. The lowest BCUT2D eigenvalue weighted by Gasteiger charge is -2.27. The number of nitrogens with two attached hydrogens (primary N) is 1. The molecule has 3 atom stereocenters. The van der Waals surface area contributed by atoms with Crippen molar-refractivity contribution >= 4 is 17.9 Å². The lowest BCUT2D eigenvalue weighted by Crippen LogP contribution is -2.46. The number of alkyl carbamates (subject to hydrolysis) is 1. The fraction of sp³-hybridized carbons (Fsp3) is 0.577. The Morgan fingerprint density at radius 2 is 1.85 bits per heavy atom. The van der Waals surface area contributed by atoms with E-state index in [-0.39, 0.29) is 11.9 Å². The van der Waals surface area contributed by atoms with Gasteiger partial charge in [0.1, 0.15) is 11.6 Å². The van der Waals surface area contributed by atoms with Crippen molar-refractivity contribution in [3.05, 3.63) is 48.0 Å². The van der Waals surface area contributed by atoms with Crippen LogP contribution in [0.2, 0.25) is 0 Å². The molecule has 3 N–H and O–H groups in total. The van der Waals surface area contributed by atoms with Crippen LogP contribution in [0.15, 0.2) is 42.5 Å². The normalized spacial score (nSPS) is 18.4. The van der Waals surface area contributed by atoms with E-state index >= 15 is 0 Å². The van der Waals surface area contributed by atoms with Crippen molar-refractivity contribution in [3.63, 3.8) is 0 Å². The molecule has 2 rings (SSSR count). The molecule has 1 aromatic carbocycles. The molecule has 1 unspecified atom stereocenters. The highest BCUT2D eigenvalue weighted by Gasteiger charge is 2.35. The molecule has 1 aromatic rings. The Bertz CT molecular complexity index is 830. The van der Waals surface area contributed by atoms with Gasteiger partial charge >= 0.3 is 6.09 Å². The third-order valence-corrected chi connectivity index (χ3v) is 5.48. The third-order valence-electron chi connectivity index (χ3n) is 5.48. The summed E-state index contributed by atoms with van der Waals surface area (Å²) in [6.45, 7) is 10.1. The maximum absolute atomic E-state index is 13.5. The number of hydrogen-bond donors (Lipinski definition) is 2. The van der Waals surface area contributed by atoms with Gasteiger partial charge in [-0.15, -0.1) is 0 Å². The molecular weight excluding hydrogens is 418 g/mol. The van der Waals surface area contributed by atoms with E-state index in [0.717, 1.165) is 12.0 Å². The Morgan fingerprint density at radius 1 is 1.18 bits per heavy atom. The van der Waals surface area contributed by atoms with Crippen LogP contribution in [-0.4, -0.2) is 47.0 Å². The SMILES string of the molecule is CC(C)C[C@@H](/C=C/C(Cc1ccccc1)C(=O)N1CCC[C@H]1C(N)=O)NC(=O)OC(C)(C)C. The lowest BCUT2D eigenvalue weighted by atomic mass is 9.95. The first-order valence-corrected chi connectivity index (χ1v) is 11.8. The van der Waals surface area contributed by atoms with Crippen LogP contribution < -0.4 is 11.1 Å². The minimum atomic E-state index is -0.596. The average Bonchev–Trinajstić information content (AvgIpc) is 3.19. The molecular formula is C26H39N3O4. The maximum atomic E-state index is 13.5. The molecule has 0 saturated carbocycles. The van der Waals surface area contributed by atoms with Gasteiger partial charge in [0.05, 0.1) is 12.0 Å². The van der Waals surface area contributed by atoms with Crippen LogP contribution in [0.25, 0.3) is 0 Å². The Morgan fingerprint density at radius 3 is 2.42 bits per heavy atom. The summed E-state index contributed by atoms with van der Waals surface area (Å²) in [6.07, 6.45) is 5.81. The molecule has 7 heteroatoms. The smallest absolute Gasteiger partial charge is 0.408 e. The minimum Gasteiger partial charge on any atom is -0.444 e. The van der Waals surface area contributed by atoms with Crippen molar-refractivity contribution in [2.45, 2.75) is 78.0 Å². The van der Waals surface area contributed by atoms with Crippen LogP contribution in [0, 0.1) is 11.8 Å². The molecule has 0 aliphatic carbocycles. The Kier molecular flexibility index (Phi) is 9.50. The second-order valence-electron chi connectivity index (χ2n) is 10.2. The summed E-state index contributed by atoms with van der Waals surface area (Å²) in [6, 6.07) is 8.93. The van der Waals surface area contributed by atoms with Gasteiger partial charge in [-0.1, -0.05) is 56.3 Å². The minimum absolute atomic E-state index is 0.114. The predicted octanol–water partition coefficient (Wildman–Crippen LogP) is 3.82. The zero-order chi connectivity index (χ0) is 24.6. The van der Waals surface area contributed by atoms with E-state index < -0.39 is 29.6 Å². The molecule has 1 aliphatic rings. The van der Waals surface area contributed by atoms with Crippen LogP contribution in [-0.2, 0) is 20.7 Å². The molecule has 3 amide bonds. The highest BCUT2D eigenvalue weighted by molar-refractivity contribution is 5.89. The number of nitrogens with zero attached hydrogens (tertiary/aromatic N) is 1. The summed E-state index contributed by atoms with van der Waals surface area (Å²) in [5, 5.41) is 2.91. The lowest BCUT2D eigenvalue weighted by molar-refractivity contribution is -0.139. The van der Waals surface area contributed by atoms with Gasteiger partial charge in [0.2, 0.25) is 11.8 Å². The zero-order valence-corrected chi connectivity index (χ0v) is 20.5. The number of carbonyl (C=O) groups is 3. The van der Waals surface area contributed by atoms with Gasteiger partial charge < -0.3 is 20.7 Å². The van der Waals surface area contributed by atoms with Gasteiger partial charge in [0.25, 0.3) is 0 Å². The van der Waals surface area contributed by atoms with Crippen molar-refractivity contribution in [3.8, 4) is 0 Å². The van der Waals surface area contributed by atoms with Crippen molar-refractivity contribution in [1.29, 1.82) is 0 Å². The number of hydrogen-bond acceptors (Lipinski definition) is 4. The molecule has 0 spiro atoms. The highest BCUT2D eigenvalue weighted by atomic mass is 16.6. The topological polar surface area (TPSA) is 102 Å². The van der Waals surface area contributed by atoms with Crippen molar-refractivity contribution in [1.82, 2.24) is 10.2 Å². The van der Waals surface area contributed by atoms with Crippen LogP contribution in [0.1, 0.15) is 59.4 Å². The van der Waals surface area contributed by atoms with Gasteiger partial charge in [0.15, 0.2) is 0 Å². The number of rotatable bonds is 9. The first-order valence-electron chi connectivity index (χ1n) is 11.8. The van der Waals surface area contributed by atoms with E-state index in [1.54, 1.807) is 4.90 Å². The van der Waals surface area contributed by atoms with Crippen molar-refractivity contribution in [2.75, 3.05) is 6.54 Å². The van der Waals surface area contributed by atoms with Crippen molar-refractivity contribution < 1.29 is 19.1 Å². The quantitative estimate of drug-likeness (QED) is 0.550. The standard InChI is InChI=1S/C26H39N3O4/c1-18(2)16-21(28-25(32)33-26(3,4)5)14-13-20(17-19-10-7-6-8-11-19)24(31)29-15-9-12-22(29)23(27)30/h6-8,10-11,13-14,18,20-22H,9,12,15-17H2,1-5H3,(H2,27,30)(H,28,32)/b14-13+/t20?,21-,22+/m1/s1. The fourth-order valence-electron chi connectivity index (χ4n) is 4.07. The molecule has 1 aliphatic heterocycles. The summed E-state index contributed by atoms with van der Waals surface area (Å²) < 4.78 is 5.41. The second-order valence-corrected chi connectivity index (χ2v) is 10.2. The summed E-state index contributed by atoms with van der Waals surface area (Å²) in [5.41, 5.74) is 5.98. The molecule has 7 nitrogen and oxygen atoms in total. The van der Waals surface area contributed by atoms with Crippen LogP contribution in [0.5, 0.6) is 0 Å². The van der Waals surface area contributed by atoms with Gasteiger partial charge in [-0.2, -0.15) is 0 Å². The summed E-state index contributed by atoms with van der Waals surface area (Å²) in [7, 11) is 0. The monoisotopic (exact) mass is 457 g/mol. The zero-order valence-electron chi connectivity index (χ0n) is 20.5. The van der Waals surface area contributed by atoms with E-state index in [9.17, 15) is 14.4 Å². The second kappa shape index (κ2) is 11.9. The summed E-state index contributed by atoms with van der Waals surface area (Å²) >= 11 is 0. The number of benzene rings is 1. The summed E-state index contributed by atoms with van der Waals surface area (Å²) in [4.78, 5) is 39.3. The van der Waals surface area contributed by atoms with Gasteiger partial charge in [-0.25, -0.2) is 4.79 Å². The molecule has 182 valence electrons. The van der Waals surface area contributed by atoms with E-state index in [4.69, 9.17) is 10.5 Å².